The second kappa shape index (κ2) is 8.79. The molecule has 0 radical (unpaired) electrons. The largest absolute Gasteiger partial charge is 0.356 e. The quantitative estimate of drug-likeness (QED) is 0.791. The van der Waals surface area contributed by atoms with Crippen molar-refractivity contribution in [1.82, 2.24) is 15.2 Å². The van der Waals surface area contributed by atoms with Gasteiger partial charge in [0.2, 0.25) is 11.8 Å². The monoisotopic (exact) mass is 363 g/mol. The van der Waals surface area contributed by atoms with Gasteiger partial charge in [0.25, 0.3) is 0 Å². The number of thiazole rings is 1. The highest BCUT2D eigenvalue weighted by molar-refractivity contribution is 7.09. The fraction of sp³-hybridized carbons (Fsp3) is 0.737. The molecule has 1 aromatic heterocycles. The molecule has 0 unspecified atom stereocenters. The number of aromatic nitrogens is 1. The number of nitrogens with one attached hydrogen (secondary N) is 1. The Kier molecular flexibility index (Phi) is 6.45. The van der Waals surface area contributed by atoms with Crippen LogP contribution in [0.25, 0.3) is 0 Å². The van der Waals surface area contributed by atoms with Crippen LogP contribution in [0.2, 0.25) is 0 Å². The third kappa shape index (κ3) is 4.81. The van der Waals surface area contributed by atoms with Gasteiger partial charge in [-0.1, -0.05) is 12.8 Å². The van der Waals surface area contributed by atoms with E-state index in [2.05, 4.69) is 15.7 Å². The highest BCUT2D eigenvalue weighted by atomic mass is 32.1. The molecule has 138 valence electrons. The fourth-order valence-corrected chi connectivity index (χ4v) is 4.83. The molecule has 1 saturated carbocycles. The Labute approximate surface area is 154 Å². The Morgan fingerprint density at radius 2 is 1.92 bits per heavy atom. The number of likely N-dealkylation sites (tertiary alicyclic amines) is 1. The Balaban J connectivity index is 1.47. The second-order valence-corrected chi connectivity index (χ2v) is 8.25. The molecule has 0 bridgehead atoms. The summed E-state index contributed by atoms with van der Waals surface area (Å²) in [5.41, 5.74) is 1.06. The van der Waals surface area contributed by atoms with Gasteiger partial charge >= 0.3 is 0 Å². The van der Waals surface area contributed by atoms with Gasteiger partial charge in [0.15, 0.2) is 0 Å². The molecule has 3 rings (SSSR count). The summed E-state index contributed by atoms with van der Waals surface area (Å²) in [6.45, 7) is 4.41. The molecule has 5 nitrogen and oxygen atoms in total. The van der Waals surface area contributed by atoms with E-state index < -0.39 is 0 Å². The first kappa shape index (κ1) is 18.4. The van der Waals surface area contributed by atoms with Crippen LogP contribution < -0.4 is 5.32 Å². The van der Waals surface area contributed by atoms with Crippen molar-refractivity contribution in [2.24, 2.45) is 11.8 Å². The number of hydrogen-bond donors (Lipinski definition) is 1. The van der Waals surface area contributed by atoms with Crippen molar-refractivity contribution in [2.75, 3.05) is 19.6 Å². The Morgan fingerprint density at radius 1 is 1.20 bits per heavy atom. The number of hydrogen-bond acceptors (Lipinski definition) is 4. The first-order valence-corrected chi connectivity index (χ1v) is 10.5. The first-order valence-electron chi connectivity index (χ1n) is 9.62. The summed E-state index contributed by atoms with van der Waals surface area (Å²) in [6.07, 6.45) is 7.85. The van der Waals surface area contributed by atoms with Crippen LogP contribution in [0.1, 0.15) is 55.6 Å². The van der Waals surface area contributed by atoms with Crippen LogP contribution in [0.15, 0.2) is 5.38 Å². The zero-order valence-electron chi connectivity index (χ0n) is 15.1. The van der Waals surface area contributed by atoms with E-state index in [-0.39, 0.29) is 23.7 Å². The van der Waals surface area contributed by atoms with Crippen LogP contribution in [-0.2, 0) is 16.0 Å². The van der Waals surface area contributed by atoms with E-state index in [4.69, 9.17) is 0 Å². The van der Waals surface area contributed by atoms with E-state index >= 15 is 0 Å². The van der Waals surface area contributed by atoms with Gasteiger partial charge < -0.3 is 10.2 Å². The third-order valence-electron chi connectivity index (χ3n) is 5.37. The number of rotatable bonds is 6. The summed E-state index contributed by atoms with van der Waals surface area (Å²) in [7, 11) is 0. The predicted molar refractivity (Wildman–Crippen MR) is 99.4 cm³/mol. The smallest absolute Gasteiger partial charge is 0.226 e. The van der Waals surface area contributed by atoms with Gasteiger partial charge in [-0.05, 0) is 39.0 Å². The van der Waals surface area contributed by atoms with E-state index in [0.29, 0.717) is 6.54 Å². The van der Waals surface area contributed by atoms with Crippen molar-refractivity contribution in [3.8, 4) is 0 Å². The summed E-state index contributed by atoms with van der Waals surface area (Å²) in [4.78, 5) is 31.8. The van der Waals surface area contributed by atoms with Gasteiger partial charge in [-0.15, -0.1) is 11.3 Å². The lowest BCUT2D eigenvalue weighted by atomic mass is 9.78. The summed E-state index contributed by atoms with van der Waals surface area (Å²) < 4.78 is 0. The van der Waals surface area contributed by atoms with Crippen LogP contribution in [0, 0.1) is 18.8 Å². The molecular formula is C19H29N3O2S. The zero-order valence-corrected chi connectivity index (χ0v) is 15.9. The molecule has 6 heteroatoms. The van der Waals surface area contributed by atoms with Gasteiger partial charge in [-0.3, -0.25) is 9.59 Å². The first-order chi connectivity index (χ1) is 12.1. The second-order valence-electron chi connectivity index (χ2n) is 7.31. The van der Waals surface area contributed by atoms with Gasteiger partial charge in [0, 0.05) is 49.0 Å². The molecule has 0 aromatic carbocycles. The maximum Gasteiger partial charge on any atom is 0.226 e. The Hall–Kier alpha value is -1.43. The van der Waals surface area contributed by atoms with Crippen LogP contribution in [0.5, 0.6) is 0 Å². The van der Waals surface area contributed by atoms with Gasteiger partial charge in [-0.25, -0.2) is 4.98 Å². The van der Waals surface area contributed by atoms with E-state index in [9.17, 15) is 9.59 Å². The zero-order chi connectivity index (χ0) is 17.6. The number of carbonyl (C=O) groups excluding carboxylic acids is 2. The lowest BCUT2D eigenvalue weighted by molar-refractivity contribution is -0.142. The molecule has 2 heterocycles. The molecule has 1 aliphatic carbocycles. The van der Waals surface area contributed by atoms with Crippen molar-refractivity contribution in [3.05, 3.63) is 16.1 Å². The van der Waals surface area contributed by atoms with E-state index in [1.54, 1.807) is 11.3 Å². The number of aryl methyl sites for hydroxylation is 2. The molecule has 2 atom stereocenters. The van der Waals surface area contributed by atoms with Crippen molar-refractivity contribution in [2.45, 2.75) is 58.3 Å². The van der Waals surface area contributed by atoms with E-state index in [1.165, 1.54) is 0 Å². The average Bonchev–Trinajstić information content (AvgIpc) is 3.30. The summed E-state index contributed by atoms with van der Waals surface area (Å²) in [5, 5.41) is 6.26. The van der Waals surface area contributed by atoms with Crippen LogP contribution >= 0.6 is 11.3 Å². The molecule has 25 heavy (non-hydrogen) atoms. The van der Waals surface area contributed by atoms with Crippen molar-refractivity contribution < 1.29 is 9.59 Å². The molecule has 1 saturated heterocycles. The SMILES string of the molecule is Cc1csc(CCCNC(=O)[C@H]2CCCC[C@H]2C(=O)N2CCCC2)n1. The highest BCUT2D eigenvalue weighted by Crippen LogP contribution is 2.32. The van der Waals surface area contributed by atoms with E-state index in [1.807, 2.05) is 11.8 Å². The van der Waals surface area contributed by atoms with Gasteiger partial charge in [0.05, 0.1) is 5.01 Å². The minimum absolute atomic E-state index is 0.0765. The average molecular weight is 364 g/mol. The molecule has 1 aromatic rings. The number of carbonyl (C=O) groups is 2. The predicted octanol–water partition coefficient (Wildman–Crippen LogP) is 2.93. The standard InChI is InChI=1S/C19H29N3O2S/c1-14-13-25-17(21-14)9-6-10-20-18(23)15-7-2-3-8-16(15)19(24)22-11-4-5-12-22/h13,15-16H,2-12H2,1H3,(H,20,23)/t15-,16+/m0/s1. The molecule has 1 aliphatic heterocycles. The summed E-state index contributed by atoms with van der Waals surface area (Å²) in [6, 6.07) is 0. The lowest BCUT2D eigenvalue weighted by Crippen LogP contribution is -2.44. The molecule has 2 fully saturated rings. The van der Waals surface area contributed by atoms with Crippen LogP contribution in [0.4, 0.5) is 0 Å². The molecular weight excluding hydrogens is 334 g/mol. The topological polar surface area (TPSA) is 62.3 Å². The van der Waals surface area contributed by atoms with Gasteiger partial charge in [0.1, 0.15) is 0 Å². The summed E-state index contributed by atoms with van der Waals surface area (Å²) in [5.74, 6) is 0.0561. The van der Waals surface area contributed by atoms with Crippen molar-refractivity contribution in [3.63, 3.8) is 0 Å². The molecule has 2 amide bonds. The summed E-state index contributed by atoms with van der Waals surface area (Å²) >= 11 is 1.68. The van der Waals surface area contributed by atoms with Crippen molar-refractivity contribution in [1.29, 1.82) is 0 Å². The maximum absolute atomic E-state index is 12.8. The molecule has 1 N–H and O–H groups in total. The number of amides is 2. The van der Waals surface area contributed by atoms with Crippen LogP contribution in [0.3, 0.4) is 0 Å². The Morgan fingerprint density at radius 3 is 2.60 bits per heavy atom. The lowest BCUT2D eigenvalue weighted by Gasteiger charge is -2.32. The fourth-order valence-electron chi connectivity index (χ4n) is 4.01. The minimum Gasteiger partial charge on any atom is -0.356 e. The van der Waals surface area contributed by atoms with Gasteiger partial charge in [-0.2, -0.15) is 0 Å². The Bertz CT molecular complexity index is 595. The molecule has 2 aliphatic rings. The van der Waals surface area contributed by atoms with Crippen molar-refractivity contribution >= 4 is 23.2 Å². The highest BCUT2D eigenvalue weighted by Gasteiger charge is 2.38. The normalized spacial score (nSPS) is 23.6. The number of nitrogens with zero attached hydrogens (tertiary/aromatic N) is 2. The van der Waals surface area contributed by atoms with E-state index in [0.717, 1.165) is 75.2 Å². The molecule has 0 spiro atoms. The third-order valence-corrected chi connectivity index (χ3v) is 6.40. The van der Waals surface area contributed by atoms with Crippen LogP contribution in [-0.4, -0.2) is 41.3 Å². The minimum atomic E-state index is -0.135. The maximum atomic E-state index is 12.8.